The number of nitrogens with one attached hydrogen (secondary N) is 1. The molecule has 0 aliphatic rings. The summed E-state index contributed by atoms with van der Waals surface area (Å²) in [6, 6.07) is 4.39. The Labute approximate surface area is 118 Å². The maximum Gasteiger partial charge on any atom is 0.254 e. The van der Waals surface area contributed by atoms with Crippen molar-refractivity contribution in [3.63, 3.8) is 0 Å². The van der Waals surface area contributed by atoms with Gasteiger partial charge in [0.1, 0.15) is 17.2 Å². The van der Waals surface area contributed by atoms with E-state index in [9.17, 15) is 18.7 Å². The highest BCUT2D eigenvalue weighted by molar-refractivity contribution is 7.08. The Bertz CT molecular complexity index is 612. The molecule has 1 unspecified atom stereocenters. The fourth-order valence-corrected chi connectivity index (χ4v) is 2.47. The van der Waals surface area contributed by atoms with Crippen molar-refractivity contribution in [3.05, 3.63) is 57.8 Å². The molecule has 1 aromatic heterocycles. The zero-order chi connectivity index (χ0) is 14.8. The van der Waals surface area contributed by atoms with Gasteiger partial charge in [0.25, 0.3) is 5.91 Å². The number of carbonyl (C=O) groups excluding carboxylic acids is 1. The van der Waals surface area contributed by atoms with E-state index in [0.717, 1.165) is 18.2 Å². The van der Waals surface area contributed by atoms with Crippen LogP contribution in [0.25, 0.3) is 0 Å². The summed E-state index contributed by atoms with van der Waals surface area (Å²) >= 11 is 1.42. The molecule has 2 rings (SSSR count). The van der Waals surface area contributed by atoms with E-state index in [2.05, 4.69) is 5.32 Å². The van der Waals surface area contributed by atoms with Crippen LogP contribution in [0.2, 0.25) is 0 Å². The SMILES string of the molecule is CC(O)(CNC(=O)c1cc(F)ccc1F)c1ccsc1. The first-order valence-electron chi connectivity index (χ1n) is 5.88. The van der Waals surface area contributed by atoms with Gasteiger partial charge in [-0.3, -0.25) is 4.79 Å². The second kappa shape index (κ2) is 5.68. The third-order valence-electron chi connectivity index (χ3n) is 2.91. The second-order valence-corrected chi connectivity index (χ2v) is 5.37. The molecule has 2 aromatic rings. The summed E-state index contributed by atoms with van der Waals surface area (Å²) in [5, 5.41) is 16.2. The van der Waals surface area contributed by atoms with Gasteiger partial charge >= 0.3 is 0 Å². The van der Waals surface area contributed by atoms with Crippen molar-refractivity contribution >= 4 is 17.2 Å². The molecule has 0 fully saturated rings. The Hall–Kier alpha value is -1.79. The molecule has 0 saturated heterocycles. The first-order valence-corrected chi connectivity index (χ1v) is 6.83. The zero-order valence-electron chi connectivity index (χ0n) is 10.7. The molecule has 1 heterocycles. The number of aliphatic hydroxyl groups is 1. The smallest absolute Gasteiger partial charge is 0.254 e. The summed E-state index contributed by atoms with van der Waals surface area (Å²) in [6.07, 6.45) is 0. The van der Waals surface area contributed by atoms with Crippen LogP contribution in [0, 0.1) is 11.6 Å². The summed E-state index contributed by atoms with van der Waals surface area (Å²) in [6.45, 7) is 1.44. The Kier molecular flexibility index (Phi) is 4.15. The number of carbonyl (C=O) groups is 1. The van der Waals surface area contributed by atoms with Gasteiger partial charge < -0.3 is 10.4 Å². The molecule has 0 saturated carbocycles. The van der Waals surface area contributed by atoms with E-state index in [1.165, 1.54) is 18.3 Å². The number of hydrogen-bond acceptors (Lipinski definition) is 3. The Balaban J connectivity index is 2.07. The lowest BCUT2D eigenvalue weighted by Gasteiger charge is -2.22. The molecule has 2 N–H and O–H groups in total. The molecular formula is C14H13F2NO2S. The van der Waals surface area contributed by atoms with Gasteiger partial charge in [-0.2, -0.15) is 11.3 Å². The summed E-state index contributed by atoms with van der Waals surface area (Å²) < 4.78 is 26.4. The van der Waals surface area contributed by atoms with Gasteiger partial charge in [-0.15, -0.1) is 0 Å². The van der Waals surface area contributed by atoms with E-state index in [0.29, 0.717) is 5.56 Å². The van der Waals surface area contributed by atoms with Gasteiger partial charge in [-0.1, -0.05) is 0 Å². The van der Waals surface area contributed by atoms with Crippen LogP contribution in [0.3, 0.4) is 0 Å². The minimum absolute atomic E-state index is 0.0987. The standard InChI is InChI=1S/C14H13F2NO2S/c1-14(19,9-4-5-20-7-9)8-17-13(18)11-6-10(15)2-3-12(11)16/h2-7,19H,8H2,1H3,(H,17,18). The largest absolute Gasteiger partial charge is 0.384 e. The molecule has 106 valence electrons. The third kappa shape index (κ3) is 3.20. The molecule has 0 aliphatic carbocycles. The fourth-order valence-electron chi connectivity index (χ4n) is 1.69. The first-order chi connectivity index (χ1) is 9.40. The molecule has 0 radical (unpaired) electrons. The van der Waals surface area contributed by atoms with Crippen LogP contribution in [0.15, 0.2) is 35.0 Å². The normalized spacial score (nSPS) is 13.8. The van der Waals surface area contributed by atoms with Crippen molar-refractivity contribution in [1.29, 1.82) is 0 Å². The molecule has 1 amide bonds. The molecule has 20 heavy (non-hydrogen) atoms. The molecule has 0 aliphatic heterocycles. The van der Waals surface area contributed by atoms with Crippen molar-refractivity contribution in [2.24, 2.45) is 0 Å². The van der Waals surface area contributed by atoms with E-state index >= 15 is 0 Å². The summed E-state index contributed by atoms with van der Waals surface area (Å²) in [7, 11) is 0. The number of halogens is 2. The Morgan fingerprint density at radius 3 is 2.80 bits per heavy atom. The number of rotatable bonds is 4. The van der Waals surface area contributed by atoms with Crippen LogP contribution in [0.4, 0.5) is 8.78 Å². The maximum absolute atomic E-state index is 13.4. The van der Waals surface area contributed by atoms with Crippen LogP contribution in [-0.4, -0.2) is 17.6 Å². The van der Waals surface area contributed by atoms with Crippen LogP contribution in [0.5, 0.6) is 0 Å². The Morgan fingerprint density at radius 1 is 1.40 bits per heavy atom. The number of hydrogen-bond donors (Lipinski definition) is 2. The van der Waals surface area contributed by atoms with E-state index in [-0.39, 0.29) is 12.1 Å². The zero-order valence-corrected chi connectivity index (χ0v) is 11.5. The minimum atomic E-state index is -1.26. The number of thiophene rings is 1. The highest BCUT2D eigenvalue weighted by atomic mass is 32.1. The van der Waals surface area contributed by atoms with Crippen LogP contribution in [0.1, 0.15) is 22.8 Å². The van der Waals surface area contributed by atoms with E-state index in [1.54, 1.807) is 16.8 Å². The van der Waals surface area contributed by atoms with Crippen molar-refractivity contribution < 1.29 is 18.7 Å². The van der Waals surface area contributed by atoms with Crippen molar-refractivity contribution in [1.82, 2.24) is 5.32 Å². The molecule has 6 heteroatoms. The summed E-state index contributed by atoms with van der Waals surface area (Å²) in [5.41, 5.74) is -0.993. The predicted octanol–water partition coefficient (Wildman–Crippen LogP) is 2.66. The number of benzene rings is 1. The quantitative estimate of drug-likeness (QED) is 0.911. The molecule has 1 aromatic carbocycles. The topological polar surface area (TPSA) is 49.3 Å². The average Bonchev–Trinajstić information content (AvgIpc) is 2.93. The van der Waals surface area contributed by atoms with Crippen LogP contribution in [-0.2, 0) is 5.60 Å². The number of amides is 1. The van der Waals surface area contributed by atoms with Gasteiger partial charge in [0.15, 0.2) is 0 Å². The monoisotopic (exact) mass is 297 g/mol. The molecular weight excluding hydrogens is 284 g/mol. The van der Waals surface area contributed by atoms with Crippen molar-refractivity contribution in [2.45, 2.75) is 12.5 Å². The van der Waals surface area contributed by atoms with Crippen molar-refractivity contribution in [2.75, 3.05) is 6.54 Å². The lowest BCUT2D eigenvalue weighted by Crippen LogP contribution is -2.38. The molecule has 1 atom stereocenters. The first kappa shape index (κ1) is 14.6. The van der Waals surface area contributed by atoms with E-state index in [4.69, 9.17) is 0 Å². The Morgan fingerprint density at radius 2 is 2.15 bits per heavy atom. The van der Waals surface area contributed by atoms with Gasteiger partial charge in [0, 0.05) is 0 Å². The second-order valence-electron chi connectivity index (χ2n) is 4.59. The molecule has 3 nitrogen and oxygen atoms in total. The fraction of sp³-hybridized carbons (Fsp3) is 0.214. The molecule has 0 spiro atoms. The third-order valence-corrected chi connectivity index (χ3v) is 3.59. The van der Waals surface area contributed by atoms with Crippen molar-refractivity contribution in [3.8, 4) is 0 Å². The van der Waals surface area contributed by atoms with Crippen LogP contribution >= 0.6 is 11.3 Å². The lowest BCUT2D eigenvalue weighted by molar-refractivity contribution is 0.0528. The van der Waals surface area contributed by atoms with Gasteiger partial charge in [-0.05, 0) is 47.5 Å². The molecule has 0 bridgehead atoms. The van der Waals surface area contributed by atoms with Gasteiger partial charge in [0.2, 0.25) is 0 Å². The van der Waals surface area contributed by atoms with E-state index < -0.39 is 23.1 Å². The highest BCUT2D eigenvalue weighted by Gasteiger charge is 2.25. The van der Waals surface area contributed by atoms with Crippen LogP contribution < -0.4 is 5.32 Å². The average molecular weight is 297 g/mol. The summed E-state index contributed by atoms with van der Waals surface area (Å²) in [4.78, 5) is 11.8. The summed E-state index contributed by atoms with van der Waals surface area (Å²) in [5.74, 6) is -2.27. The van der Waals surface area contributed by atoms with E-state index in [1.807, 2.05) is 0 Å². The lowest BCUT2D eigenvalue weighted by atomic mass is 9.99. The predicted molar refractivity (Wildman–Crippen MR) is 72.6 cm³/mol. The minimum Gasteiger partial charge on any atom is -0.384 e. The highest BCUT2D eigenvalue weighted by Crippen LogP contribution is 2.22. The maximum atomic E-state index is 13.4. The van der Waals surface area contributed by atoms with Gasteiger partial charge in [0.05, 0.1) is 12.1 Å². The van der Waals surface area contributed by atoms with Gasteiger partial charge in [-0.25, -0.2) is 8.78 Å².